The topological polar surface area (TPSA) is 49.8 Å². The molecule has 2 fully saturated rings. The lowest BCUT2D eigenvalue weighted by Gasteiger charge is -2.41. The summed E-state index contributed by atoms with van der Waals surface area (Å²) in [5.41, 5.74) is 1.23. The van der Waals surface area contributed by atoms with E-state index in [1.807, 2.05) is 0 Å². The van der Waals surface area contributed by atoms with Crippen LogP contribution in [0.25, 0.3) is 10.8 Å². The van der Waals surface area contributed by atoms with Crippen molar-refractivity contribution in [2.75, 3.05) is 13.1 Å². The van der Waals surface area contributed by atoms with Gasteiger partial charge in [-0.05, 0) is 61.6 Å². The first-order valence-corrected chi connectivity index (χ1v) is 10.2. The molecule has 1 heterocycles. The molecule has 1 aliphatic carbocycles. The molecule has 0 aromatic heterocycles. The molecular weight excluding hydrogens is 338 g/mol. The zero-order valence-electron chi connectivity index (χ0n) is 16.2. The minimum Gasteiger partial charge on any atom is -0.490 e. The van der Waals surface area contributed by atoms with E-state index in [0.29, 0.717) is 19.2 Å². The lowest BCUT2D eigenvalue weighted by Crippen LogP contribution is -2.51. The molecule has 4 rings (SSSR count). The van der Waals surface area contributed by atoms with E-state index in [1.54, 1.807) is 0 Å². The van der Waals surface area contributed by atoms with Crippen molar-refractivity contribution in [2.45, 2.75) is 51.7 Å². The third-order valence-corrected chi connectivity index (χ3v) is 6.41. The Hall–Kier alpha value is -2.07. The second-order valence-corrected chi connectivity index (χ2v) is 8.40. The zero-order valence-corrected chi connectivity index (χ0v) is 16.2. The monoisotopic (exact) mass is 367 g/mol. The molecule has 1 aliphatic heterocycles. The Morgan fingerprint density at radius 2 is 1.89 bits per heavy atom. The molecular formula is C23H29NO3. The van der Waals surface area contributed by atoms with Crippen LogP contribution in [0.5, 0.6) is 5.75 Å². The summed E-state index contributed by atoms with van der Waals surface area (Å²) in [6.07, 6.45) is 5.13. The molecule has 2 aliphatic rings. The van der Waals surface area contributed by atoms with E-state index in [2.05, 4.69) is 55.1 Å². The van der Waals surface area contributed by atoms with E-state index < -0.39 is 5.97 Å². The van der Waals surface area contributed by atoms with E-state index >= 15 is 0 Å². The highest BCUT2D eigenvalue weighted by Crippen LogP contribution is 2.34. The van der Waals surface area contributed by atoms with Gasteiger partial charge in [0, 0.05) is 24.5 Å². The summed E-state index contributed by atoms with van der Waals surface area (Å²) in [7, 11) is 0. The normalized spacial score (nSPS) is 25.1. The Morgan fingerprint density at radius 1 is 1.15 bits per heavy atom. The fourth-order valence-corrected chi connectivity index (χ4v) is 4.36. The number of nitrogens with zero attached hydrogens (tertiary/aromatic N) is 1. The number of fused-ring (bicyclic) bond motifs is 1. The maximum Gasteiger partial charge on any atom is 0.309 e. The summed E-state index contributed by atoms with van der Waals surface area (Å²) in [6, 6.07) is 13.1. The van der Waals surface area contributed by atoms with Crippen molar-refractivity contribution >= 4 is 16.7 Å². The summed E-state index contributed by atoms with van der Waals surface area (Å²) >= 11 is 0. The van der Waals surface area contributed by atoms with E-state index in [9.17, 15) is 4.79 Å². The van der Waals surface area contributed by atoms with Crippen molar-refractivity contribution in [1.82, 2.24) is 4.90 Å². The van der Waals surface area contributed by atoms with Crippen LogP contribution < -0.4 is 4.74 Å². The van der Waals surface area contributed by atoms with Gasteiger partial charge < -0.3 is 9.84 Å². The molecule has 2 aromatic carbocycles. The summed E-state index contributed by atoms with van der Waals surface area (Å²) in [5, 5.41) is 11.4. The van der Waals surface area contributed by atoms with Gasteiger partial charge in [-0.25, -0.2) is 0 Å². The Morgan fingerprint density at radius 3 is 2.59 bits per heavy atom. The minimum atomic E-state index is -0.684. The molecule has 1 N–H and O–H groups in total. The molecule has 1 saturated carbocycles. The van der Waals surface area contributed by atoms with Gasteiger partial charge in [-0.2, -0.15) is 0 Å². The van der Waals surface area contributed by atoms with Crippen molar-refractivity contribution in [1.29, 1.82) is 0 Å². The van der Waals surface area contributed by atoms with Crippen LogP contribution in [-0.2, 0) is 4.79 Å². The van der Waals surface area contributed by atoms with E-state index in [-0.39, 0.29) is 12.0 Å². The third-order valence-electron chi connectivity index (χ3n) is 6.41. The van der Waals surface area contributed by atoms with Gasteiger partial charge in [-0.3, -0.25) is 9.69 Å². The Bertz CT molecular complexity index is 819. The molecule has 0 radical (unpaired) electrons. The van der Waals surface area contributed by atoms with Crippen LogP contribution in [-0.4, -0.2) is 35.2 Å². The number of hydrogen-bond acceptors (Lipinski definition) is 3. The predicted molar refractivity (Wildman–Crippen MR) is 107 cm³/mol. The fourth-order valence-electron chi connectivity index (χ4n) is 4.36. The number of benzene rings is 2. The van der Waals surface area contributed by atoms with Crippen LogP contribution in [0.3, 0.4) is 0 Å². The Balaban J connectivity index is 1.49. The summed E-state index contributed by atoms with van der Waals surface area (Å²) in [6.45, 7) is 5.76. The fraction of sp³-hybridized carbons (Fsp3) is 0.522. The Kier molecular flexibility index (Phi) is 5.09. The summed E-state index contributed by atoms with van der Waals surface area (Å²) in [5.74, 6) is 0.909. The van der Waals surface area contributed by atoms with Gasteiger partial charge >= 0.3 is 5.97 Å². The maximum atomic E-state index is 11.0. The molecule has 1 saturated heterocycles. The van der Waals surface area contributed by atoms with Gasteiger partial charge in [0.25, 0.3) is 0 Å². The van der Waals surface area contributed by atoms with Crippen LogP contribution in [0.1, 0.15) is 51.1 Å². The first-order valence-electron chi connectivity index (χ1n) is 10.2. The van der Waals surface area contributed by atoms with Gasteiger partial charge in [0.15, 0.2) is 0 Å². The van der Waals surface area contributed by atoms with Gasteiger partial charge in [0.2, 0.25) is 0 Å². The van der Waals surface area contributed by atoms with Crippen LogP contribution >= 0.6 is 0 Å². The average Bonchev–Trinajstić information content (AvgIpc) is 2.62. The molecule has 1 unspecified atom stereocenters. The average molecular weight is 367 g/mol. The number of ether oxygens (including phenoxy) is 1. The van der Waals surface area contributed by atoms with Crippen LogP contribution in [0.2, 0.25) is 0 Å². The highest BCUT2D eigenvalue weighted by Gasteiger charge is 2.35. The maximum absolute atomic E-state index is 11.0. The molecule has 2 aromatic rings. The summed E-state index contributed by atoms with van der Waals surface area (Å²) < 4.78 is 6.36. The quantitative estimate of drug-likeness (QED) is 0.819. The first kappa shape index (κ1) is 18.3. The number of hydrogen-bond donors (Lipinski definition) is 1. The number of likely N-dealkylation sites (tertiary alicyclic amines) is 1. The van der Waals surface area contributed by atoms with E-state index in [4.69, 9.17) is 9.84 Å². The first-order chi connectivity index (χ1) is 13.0. The van der Waals surface area contributed by atoms with Gasteiger partial charge in [0.1, 0.15) is 5.75 Å². The second-order valence-electron chi connectivity index (χ2n) is 8.40. The van der Waals surface area contributed by atoms with Gasteiger partial charge in [-0.1, -0.05) is 31.2 Å². The van der Waals surface area contributed by atoms with Crippen molar-refractivity contribution in [3.05, 3.63) is 42.0 Å². The van der Waals surface area contributed by atoms with Crippen molar-refractivity contribution in [2.24, 2.45) is 11.8 Å². The number of rotatable bonds is 5. The smallest absolute Gasteiger partial charge is 0.309 e. The molecule has 1 atom stereocenters. The molecule has 4 nitrogen and oxygen atoms in total. The number of aliphatic carboxylic acids is 1. The standard InChI is InChI=1S/C23H29NO3/c1-15-6-9-20(10-7-15)27-22-5-3-4-18-12-17(8-11-21(18)22)16(2)24-13-19(14-24)23(25)26/h3-5,8,11-12,15-16,19-20H,6-7,9-10,13-14H2,1-2H3,(H,25,26). The molecule has 4 heteroatoms. The van der Waals surface area contributed by atoms with Crippen molar-refractivity contribution in [3.8, 4) is 5.75 Å². The SMILES string of the molecule is CC1CCC(Oc2cccc3cc(C(C)N4CC(C(=O)O)C4)ccc23)CC1. The van der Waals surface area contributed by atoms with Crippen LogP contribution in [0, 0.1) is 11.8 Å². The van der Waals surface area contributed by atoms with Crippen molar-refractivity contribution in [3.63, 3.8) is 0 Å². The van der Waals surface area contributed by atoms with E-state index in [1.165, 1.54) is 29.2 Å². The van der Waals surface area contributed by atoms with Gasteiger partial charge in [0.05, 0.1) is 12.0 Å². The Labute approximate surface area is 161 Å². The molecule has 27 heavy (non-hydrogen) atoms. The zero-order chi connectivity index (χ0) is 19.0. The van der Waals surface area contributed by atoms with Crippen molar-refractivity contribution < 1.29 is 14.6 Å². The molecule has 144 valence electrons. The highest BCUT2D eigenvalue weighted by molar-refractivity contribution is 5.89. The molecule has 0 amide bonds. The lowest BCUT2D eigenvalue weighted by molar-refractivity contribution is -0.148. The largest absolute Gasteiger partial charge is 0.490 e. The van der Waals surface area contributed by atoms with Gasteiger partial charge in [-0.15, -0.1) is 0 Å². The minimum absolute atomic E-state index is 0.217. The predicted octanol–water partition coefficient (Wildman–Crippen LogP) is 4.87. The number of carboxylic acids is 1. The summed E-state index contributed by atoms with van der Waals surface area (Å²) in [4.78, 5) is 13.3. The third kappa shape index (κ3) is 3.81. The lowest BCUT2D eigenvalue weighted by atomic mass is 9.89. The number of carboxylic acid groups (broad SMARTS) is 1. The molecule has 0 spiro atoms. The highest BCUT2D eigenvalue weighted by atomic mass is 16.5. The second kappa shape index (κ2) is 7.51. The number of carbonyl (C=O) groups is 1. The van der Waals surface area contributed by atoms with Crippen LogP contribution in [0.4, 0.5) is 0 Å². The van der Waals surface area contributed by atoms with Crippen LogP contribution in [0.15, 0.2) is 36.4 Å². The van der Waals surface area contributed by atoms with E-state index in [0.717, 1.165) is 24.5 Å². The molecule has 0 bridgehead atoms.